The lowest BCUT2D eigenvalue weighted by molar-refractivity contribution is 0.0945. The van der Waals surface area contributed by atoms with Crippen molar-refractivity contribution >= 4 is 29.7 Å². The zero-order chi connectivity index (χ0) is 13.9. The zero-order valence-corrected chi connectivity index (χ0v) is 13.7. The van der Waals surface area contributed by atoms with E-state index in [1.165, 1.54) is 4.88 Å². The van der Waals surface area contributed by atoms with Gasteiger partial charge in [0.25, 0.3) is 5.91 Å². The molecule has 1 aromatic heterocycles. The Bertz CT molecular complexity index is 435. The predicted molar refractivity (Wildman–Crippen MR) is 84.8 cm³/mol. The normalized spacial score (nSPS) is 14.3. The van der Waals surface area contributed by atoms with E-state index in [0.29, 0.717) is 13.2 Å². The molecular formula is C14H23ClN2O2S. The molecule has 1 aromatic rings. The number of carbonyl (C=O) groups excluding carboxylic acids is 1. The monoisotopic (exact) mass is 318 g/mol. The average molecular weight is 319 g/mol. The molecule has 0 spiro atoms. The van der Waals surface area contributed by atoms with E-state index in [9.17, 15) is 4.79 Å². The van der Waals surface area contributed by atoms with Crippen LogP contribution in [0.2, 0.25) is 0 Å². The van der Waals surface area contributed by atoms with Gasteiger partial charge in [-0.15, -0.1) is 23.7 Å². The van der Waals surface area contributed by atoms with Gasteiger partial charge >= 0.3 is 0 Å². The van der Waals surface area contributed by atoms with Gasteiger partial charge in [-0.05, 0) is 24.5 Å². The molecule has 0 saturated heterocycles. The highest BCUT2D eigenvalue weighted by Gasteiger charge is 2.23. The molecule has 0 fully saturated rings. The molecule has 0 aromatic carbocycles. The largest absolute Gasteiger partial charge is 0.376 e. The fraction of sp³-hybridized carbons (Fsp3) is 0.643. The summed E-state index contributed by atoms with van der Waals surface area (Å²) in [5, 5.41) is 2.96. The Morgan fingerprint density at radius 1 is 1.50 bits per heavy atom. The Morgan fingerprint density at radius 2 is 2.20 bits per heavy atom. The van der Waals surface area contributed by atoms with Gasteiger partial charge in [0.15, 0.2) is 0 Å². The quantitative estimate of drug-likeness (QED) is 0.876. The lowest BCUT2D eigenvalue weighted by atomic mass is 9.94. The summed E-state index contributed by atoms with van der Waals surface area (Å²) in [6.07, 6.45) is 2.63. The maximum atomic E-state index is 12.1. The van der Waals surface area contributed by atoms with Crippen LogP contribution in [-0.4, -0.2) is 24.6 Å². The second-order valence-electron chi connectivity index (χ2n) is 5.11. The third-order valence-corrected chi connectivity index (χ3v) is 5.10. The van der Waals surface area contributed by atoms with Crippen LogP contribution in [0.5, 0.6) is 0 Å². The van der Waals surface area contributed by atoms with E-state index in [2.05, 4.69) is 19.2 Å². The molecule has 114 valence electrons. The van der Waals surface area contributed by atoms with Crippen LogP contribution in [-0.2, 0) is 17.8 Å². The zero-order valence-electron chi connectivity index (χ0n) is 12.0. The molecule has 0 atom stereocenters. The van der Waals surface area contributed by atoms with E-state index in [1.54, 1.807) is 11.3 Å². The van der Waals surface area contributed by atoms with Crippen molar-refractivity contribution in [2.75, 3.05) is 13.2 Å². The minimum absolute atomic E-state index is 0. The third kappa shape index (κ3) is 3.95. The molecule has 0 bridgehead atoms. The minimum atomic E-state index is -0.296. The molecule has 0 radical (unpaired) electrons. The number of hydrogen-bond donors (Lipinski definition) is 2. The van der Waals surface area contributed by atoms with Gasteiger partial charge in [0, 0.05) is 23.4 Å². The summed E-state index contributed by atoms with van der Waals surface area (Å²) in [5.41, 5.74) is 7.05. The van der Waals surface area contributed by atoms with Crippen LogP contribution >= 0.6 is 23.7 Å². The fourth-order valence-electron chi connectivity index (χ4n) is 2.10. The molecule has 20 heavy (non-hydrogen) atoms. The Kier molecular flexibility index (Phi) is 6.45. The number of thiophene rings is 1. The SMILES string of the molecule is CCC(N)(CC)CNC(=O)c1cc2c(s1)CCOC2.Cl. The summed E-state index contributed by atoms with van der Waals surface area (Å²) in [6.45, 7) is 6.02. The number of hydrogen-bond acceptors (Lipinski definition) is 4. The van der Waals surface area contributed by atoms with E-state index in [4.69, 9.17) is 10.5 Å². The Hall–Kier alpha value is -0.620. The van der Waals surface area contributed by atoms with Crippen molar-refractivity contribution in [3.05, 3.63) is 21.4 Å². The first-order chi connectivity index (χ1) is 9.08. The van der Waals surface area contributed by atoms with Gasteiger partial charge < -0.3 is 15.8 Å². The van der Waals surface area contributed by atoms with E-state index in [-0.39, 0.29) is 23.9 Å². The van der Waals surface area contributed by atoms with Gasteiger partial charge in [0.05, 0.1) is 18.1 Å². The summed E-state index contributed by atoms with van der Waals surface area (Å²) in [6, 6.07) is 1.95. The van der Waals surface area contributed by atoms with Crippen molar-refractivity contribution in [2.24, 2.45) is 5.73 Å². The Balaban J connectivity index is 0.00000200. The molecule has 1 amide bonds. The number of nitrogens with two attached hydrogens (primary N) is 1. The van der Waals surface area contributed by atoms with Crippen LogP contribution in [0, 0.1) is 0 Å². The molecule has 4 nitrogen and oxygen atoms in total. The third-order valence-electron chi connectivity index (χ3n) is 3.86. The molecule has 0 aliphatic carbocycles. The highest BCUT2D eigenvalue weighted by molar-refractivity contribution is 7.14. The summed E-state index contributed by atoms with van der Waals surface area (Å²) >= 11 is 1.58. The molecule has 1 aliphatic heterocycles. The van der Waals surface area contributed by atoms with Crippen LogP contribution in [0.15, 0.2) is 6.07 Å². The summed E-state index contributed by atoms with van der Waals surface area (Å²) in [4.78, 5) is 14.2. The van der Waals surface area contributed by atoms with E-state index in [1.807, 2.05) is 6.07 Å². The van der Waals surface area contributed by atoms with Gasteiger partial charge in [-0.25, -0.2) is 0 Å². The van der Waals surface area contributed by atoms with Crippen LogP contribution < -0.4 is 11.1 Å². The summed E-state index contributed by atoms with van der Waals surface area (Å²) in [5.74, 6) is -0.0175. The van der Waals surface area contributed by atoms with Crippen LogP contribution in [0.25, 0.3) is 0 Å². The molecular weight excluding hydrogens is 296 g/mol. The Morgan fingerprint density at radius 3 is 2.80 bits per heavy atom. The maximum absolute atomic E-state index is 12.1. The molecule has 0 saturated carbocycles. The van der Waals surface area contributed by atoms with E-state index >= 15 is 0 Å². The van der Waals surface area contributed by atoms with Gasteiger partial charge in [-0.1, -0.05) is 13.8 Å². The number of amides is 1. The number of rotatable bonds is 5. The molecule has 2 rings (SSSR count). The standard InChI is InChI=1S/C14H22N2O2S.ClH/c1-3-14(15,4-2)9-16-13(17)12-7-10-8-18-6-5-11(10)19-12;/h7H,3-6,8-9,15H2,1-2H3,(H,16,17);1H. The number of ether oxygens (including phenoxy) is 1. The highest BCUT2D eigenvalue weighted by Crippen LogP contribution is 2.26. The minimum Gasteiger partial charge on any atom is -0.376 e. The van der Waals surface area contributed by atoms with E-state index < -0.39 is 0 Å². The van der Waals surface area contributed by atoms with Gasteiger partial charge in [-0.3, -0.25) is 4.79 Å². The van der Waals surface area contributed by atoms with Crippen LogP contribution in [0.4, 0.5) is 0 Å². The fourth-order valence-corrected chi connectivity index (χ4v) is 3.17. The maximum Gasteiger partial charge on any atom is 0.261 e. The van der Waals surface area contributed by atoms with Gasteiger partial charge in [0.1, 0.15) is 0 Å². The number of nitrogens with one attached hydrogen (secondary N) is 1. The lowest BCUT2D eigenvalue weighted by Crippen LogP contribution is -2.49. The Labute approximate surface area is 130 Å². The van der Waals surface area contributed by atoms with Gasteiger partial charge in [-0.2, -0.15) is 0 Å². The topological polar surface area (TPSA) is 64.3 Å². The molecule has 0 unspecified atom stereocenters. The van der Waals surface area contributed by atoms with Crippen LogP contribution in [0.3, 0.4) is 0 Å². The summed E-state index contributed by atoms with van der Waals surface area (Å²) < 4.78 is 5.39. The molecule has 2 heterocycles. The number of fused-ring (bicyclic) bond motifs is 1. The molecule has 6 heteroatoms. The first-order valence-corrected chi connectivity index (χ1v) is 7.66. The molecule has 1 aliphatic rings. The van der Waals surface area contributed by atoms with Crippen molar-refractivity contribution in [3.8, 4) is 0 Å². The number of halogens is 1. The first-order valence-electron chi connectivity index (χ1n) is 6.84. The average Bonchev–Trinajstić information content (AvgIpc) is 2.88. The second-order valence-corrected chi connectivity index (χ2v) is 6.25. The predicted octanol–water partition coefficient (Wildman–Crippen LogP) is 2.49. The summed E-state index contributed by atoms with van der Waals surface area (Å²) in [7, 11) is 0. The van der Waals surface area contributed by atoms with E-state index in [0.717, 1.165) is 36.3 Å². The van der Waals surface area contributed by atoms with Crippen molar-refractivity contribution in [1.29, 1.82) is 0 Å². The smallest absolute Gasteiger partial charge is 0.261 e. The first kappa shape index (κ1) is 17.4. The van der Waals surface area contributed by atoms with Gasteiger partial charge in [0.2, 0.25) is 0 Å². The molecule has 3 N–H and O–H groups in total. The van der Waals surface area contributed by atoms with Crippen molar-refractivity contribution in [3.63, 3.8) is 0 Å². The van der Waals surface area contributed by atoms with Crippen molar-refractivity contribution in [1.82, 2.24) is 5.32 Å². The number of carbonyl (C=O) groups is 1. The van der Waals surface area contributed by atoms with Crippen molar-refractivity contribution < 1.29 is 9.53 Å². The lowest BCUT2D eigenvalue weighted by Gasteiger charge is -2.26. The second kappa shape index (κ2) is 7.41. The highest BCUT2D eigenvalue weighted by atomic mass is 35.5. The van der Waals surface area contributed by atoms with Crippen LogP contribution in [0.1, 0.15) is 46.8 Å². The van der Waals surface area contributed by atoms with Crippen molar-refractivity contribution in [2.45, 2.75) is 45.3 Å².